The van der Waals surface area contributed by atoms with Crippen molar-refractivity contribution in [1.29, 1.82) is 0 Å². The molecule has 2 aromatic carbocycles. The van der Waals surface area contributed by atoms with E-state index in [1.165, 1.54) is 0 Å². The van der Waals surface area contributed by atoms with E-state index in [4.69, 9.17) is 5.73 Å². The number of unbranched alkanes of at least 4 members (excludes halogenated alkanes) is 3. The highest BCUT2D eigenvalue weighted by atomic mass is 79.9. The second-order valence-corrected chi connectivity index (χ2v) is 8.18. The number of carbonyl (C=O) groups excluding carboxylic acids is 1. The van der Waals surface area contributed by atoms with Crippen LogP contribution in [0.15, 0.2) is 57.8 Å². The molecule has 0 aliphatic carbocycles. The third kappa shape index (κ3) is 5.15. The van der Waals surface area contributed by atoms with Crippen LogP contribution in [0, 0.1) is 0 Å². The number of benzene rings is 2. The quantitative estimate of drug-likeness (QED) is 0.453. The van der Waals surface area contributed by atoms with Gasteiger partial charge in [0.15, 0.2) is 0 Å². The van der Waals surface area contributed by atoms with Gasteiger partial charge in [0.05, 0.1) is 22.5 Å². The zero-order valence-electron chi connectivity index (χ0n) is 17.1. The molecule has 0 saturated carbocycles. The highest BCUT2D eigenvalue weighted by Gasteiger charge is 2.25. The number of amides is 1. The van der Waals surface area contributed by atoms with Gasteiger partial charge in [0, 0.05) is 11.0 Å². The van der Waals surface area contributed by atoms with Crippen LogP contribution in [0.3, 0.4) is 0 Å². The highest BCUT2D eigenvalue weighted by Crippen LogP contribution is 2.25. The summed E-state index contributed by atoms with van der Waals surface area (Å²) in [5.74, 6) is 0.394. The van der Waals surface area contributed by atoms with Gasteiger partial charge in [-0.1, -0.05) is 37.1 Å². The molecule has 1 aromatic heterocycles. The van der Waals surface area contributed by atoms with Gasteiger partial charge in [-0.3, -0.25) is 9.59 Å². The van der Waals surface area contributed by atoms with Crippen molar-refractivity contribution in [3.63, 3.8) is 0 Å². The maximum Gasteiger partial charge on any atom is 0.258 e. The molecule has 3 rings (SSSR count). The van der Waals surface area contributed by atoms with Gasteiger partial charge in [0.2, 0.25) is 0 Å². The summed E-state index contributed by atoms with van der Waals surface area (Å²) in [6.45, 7) is 3.16. The van der Waals surface area contributed by atoms with Crippen molar-refractivity contribution in [2.75, 3.05) is 13.1 Å². The fourth-order valence-corrected chi connectivity index (χ4v) is 3.94. The Morgan fingerprint density at radius 1 is 1.10 bits per heavy atom. The second-order valence-electron chi connectivity index (χ2n) is 7.33. The lowest BCUT2D eigenvalue weighted by molar-refractivity contribution is 0.0678. The number of H-pyrrole nitrogens is 1. The highest BCUT2D eigenvalue weighted by molar-refractivity contribution is 9.10. The minimum atomic E-state index is -0.378. The molecule has 7 heteroatoms. The smallest absolute Gasteiger partial charge is 0.258 e. The molecule has 0 aliphatic heterocycles. The average Bonchev–Trinajstić information content (AvgIpc) is 2.76. The minimum Gasteiger partial charge on any atom is -0.330 e. The first kappa shape index (κ1) is 22.2. The fourth-order valence-electron chi connectivity index (χ4n) is 3.49. The zero-order valence-corrected chi connectivity index (χ0v) is 18.7. The summed E-state index contributed by atoms with van der Waals surface area (Å²) in [6, 6.07) is 14.2. The van der Waals surface area contributed by atoms with Crippen molar-refractivity contribution >= 4 is 32.7 Å². The first-order chi connectivity index (χ1) is 14.5. The molecule has 3 N–H and O–H groups in total. The first-order valence-corrected chi connectivity index (χ1v) is 11.1. The van der Waals surface area contributed by atoms with Gasteiger partial charge in [0.1, 0.15) is 5.82 Å². The zero-order chi connectivity index (χ0) is 21.5. The first-order valence-electron chi connectivity index (χ1n) is 10.3. The third-order valence-corrected chi connectivity index (χ3v) is 5.90. The number of para-hydroxylation sites is 1. The Labute approximate surface area is 184 Å². The largest absolute Gasteiger partial charge is 0.330 e. The van der Waals surface area contributed by atoms with Crippen LogP contribution in [0.2, 0.25) is 0 Å². The summed E-state index contributed by atoms with van der Waals surface area (Å²) in [5, 5.41) is 0.541. The van der Waals surface area contributed by atoms with Crippen molar-refractivity contribution in [2.24, 2.45) is 5.73 Å². The standard InChI is InChI=1S/C23H27BrN4O2/c1-16(21-26-20-13-7-5-11-18(20)22(29)27-21)28(15-9-3-2-8-14-25)23(30)17-10-4-6-12-19(17)24/h4-7,10-13,16H,2-3,8-9,14-15,25H2,1H3,(H,26,27,29). The number of hydrogen-bond donors (Lipinski definition) is 2. The monoisotopic (exact) mass is 470 g/mol. The predicted octanol–water partition coefficient (Wildman–Crippen LogP) is 4.41. The molecule has 0 bridgehead atoms. The molecule has 1 atom stereocenters. The Bertz CT molecular complexity index is 1070. The van der Waals surface area contributed by atoms with Crippen LogP contribution in [0.5, 0.6) is 0 Å². The molecule has 1 unspecified atom stereocenters. The Morgan fingerprint density at radius 2 is 1.80 bits per heavy atom. The molecule has 1 heterocycles. The van der Waals surface area contributed by atoms with E-state index in [1.54, 1.807) is 17.0 Å². The van der Waals surface area contributed by atoms with E-state index < -0.39 is 0 Å². The Balaban J connectivity index is 1.91. The molecule has 0 saturated heterocycles. The SMILES string of the molecule is CC(c1nc2ccccc2c(=O)[nH]1)N(CCCCCCN)C(=O)c1ccccc1Br. The number of fused-ring (bicyclic) bond motifs is 1. The lowest BCUT2D eigenvalue weighted by Crippen LogP contribution is -2.36. The number of nitrogens with two attached hydrogens (primary N) is 1. The minimum absolute atomic E-state index is 0.0930. The molecular weight excluding hydrogens is 444 g/mol. The van der Waals surface area contributed by atoms with Gasteiger partial charge in [-0.2, -0.15) is 0 Å². The lowest BCUT2D eigenvalue weighted by atomic mass is 10.1. The molecule has 0 radical (unpaired) electrons. The molecule has 30 heavy (non-hydrogen) atoms. The van der Waals surface area contributed by atoms with Crippen LogP contribution < -0.4 is 11.3 Å². The molecule has 0 aliphatic rings. The average molecular weight is 471 g/mol. The van der Waals surface area contributed by atoms with Crippen molar-refractivity contribution in [3.05, 3.63) is 74.7 Å². The van der Waals surface area contributed by atoms with Crippen LogP contribution in [0.25, 0.3) is 10.9 Å². The van der Waals surface area contributed by atoms with Crippen molar-refractivity contribution in [3.8, 4) is 0 Å². The fraction of sp³-hybridized carbons (Fsp3) is 0.348. The van der Waals surface area contributed by atoms with E-state index >= 15 is 0 Å². The number of rotatable bonds is 9. The number of hydrogen-bond acceptors (Lipinski definition) is 4. The van der Waals surface area contributed by atoms with Gasteiger partial charge in [-0.25, -0.2) is 4.98 Å². The number of nitrogens with zero attached hydrogens (tertiary/aromatic N) is 2. The Hall–Kier alpha value is -2.51. The molecule has 0 spiro atoms. The Kier molecular flexibility index (Phi) is 7.76. The predicted molar refractivity (Wildman–Crippen MR) is 123 cm³/mol. The molecule has 0 fully saturated rings. The normalized spacial score (nSPS) is 12.1. The van der Waals surface area contributed by atoms with E-state index in [0.29, 0.717) is 35.4 Å². The summed E-state index contributed by atoms with van der Waals surface area (Å²) < 4.78 is 0.746. The van der Waals surface area contributed by atoms with Crippen molar-refractivity contribution in [2.45, 2.75) is 38.6 Å². The molecular formula is C23H27BrN4O2. The van der Waals surface area contributed by atoms with E-state index in [-0.39, 0.29) is 17.5 Å². The van der Waals surface area contributed by atoms with E-state index in [2.05, 4.69) is 25.9 Å². The lowest BCUT2D eigenvalue weighted by Gasteiger charge is -2.29. The van der Waals surface area contributed by atoms with Crippen LogP contribution in [-0.2, 0) is 0 Å². The molecule has 158 valence electrons. The topological polar surface area (TPSA) is 92.1 Å². The van der Waals surface area contributed by atoms with Gasteiger partial charge in [-0.05, 0) is 66.5 Å². The summed E-state index contributed by atoms with van der Waals surface area (Å²) in [7, 11) is 0. The van der Waals surface area contributed by atoms with Crippen LogP contribution in [0.4, 0.5) is 0 Å². The number of halogens is 1. The van der Waals surface area contributed by atoms with Crippen molar-refractivity contribution in [1.82, 2.24) is 14.9 Å². The number of carbonyl (C=O) groups is 1. The van der Waals surface area contributed by atoms with Gasteiger partial charge in [0.25, 0.3) is 11.5 Å². The van der Waals surface area contributed by atoms with E-state index in [9.17, 15) is 9.59 Å². The second kappa shape index (κ2) is 10.5. The summed E-state index contributed by atoms with van der Waals surface area (Å²) in [5.41, 5.74) is 6.60. The van der Waals surface area contributed by atoms with E-state index in [1.807, 2.05) is 43.3 Å². The molecule has 3 aromatic rings. The number of nitrogens with one attached hydrogen (secondary N) is 1. The van der Waals surface area contributed by atoms with Crippen LogP contribution in [-0.4, -0.2) is 33.9 Å². The Morgan fingerprint density at radius 3 is 2.57 bits per heavy atom. The molecule has 1 amide bonds. The van der Waals surface area contributed by atoms with Crippen LogP contribution >= 0.6 is 15.9 Å². The summed E-state index contributed by atoms with van der Waals surface area (Å²) in [6.07, 6.45) is 3.87. The third-order valence-electron chi connectivity index (χ3n) is 5.21. The van der Waals surface area contributed by atoms with Gasteiger partial charge >= 0.3 is 0 Å². The maximum absolute atomic E-state index is 13.4. The number of aromatic nitrogens is 2. The van der Waals surface area contributed by atoms with Gasteiger partial charge < -0.3 is 15.6 Å². The number of aromatic amines is 1. The summed E-state index contributed by atoms with van der Waals surface area (Å²) >= 11 is 3.48. The molecule has 6 nitrogen and oxygen atoms in total. The van der Waals surface area contributed by atoms with Crippen molar-refractivity contribution < 1.29 is 4.79 Å². The van der Waals surface area contributed by atoms with Gasteiger partial charge in [-0.15, -0.1) is 0 Å². The summed E-state index contributed by atoms with van der Waals surface area (Å²) in [4.78, 5) is 35.2. The van der Waals surface area contributed by atoms with Crippen LogP contribution in [0.1, 0.15) is 54.8 Å². The van der Waals surface area contributed by atoms with E-state index in [0.717, 1.165) is 30.2 Å². The maximum atomic E-state index is 13.4.